The van der Waals surface area contributed by atoms with Crippen LogP contribution in [0.25, 0.3) is 0 Å². The van der Waals surface area contributed by atoms with Crippen LogP contribution in [0.4, 0.5) is 0 Å². The van der Waals surface area contributed by atoms with Crippen molar-refractivity contribution >= 4 is 21.8 Å². The summed E-state index contributed by atoms with van der Waals surface area (Å²) in [6.07, 6.45) is -0.813. The van der Waals surface area contributed by atoms with Gasteiger partial charge in [-0.25, -0.2) is 4.63 Å². The van der Waals surface area contributed by atoms with Crippen LogP contribution in [0.2, 0.25) is 0 Å². The third kappa shape index (κ3) is 3.23. The zero-order valence-electron chi connectivity index (χ0n) is 11.0. The molecule has 0 radical (unpaired) electrons. The quantitative estimate of drug-likeness (QED) is 0.889. The van der Waals surface area contributed by atoms with Gasteiger partial charge in [-0.05, 0) is 36.7 Å². The second-order valence-electron chi connectivity index (χ2n) is 4.46. The molecule has 2 rings (SSSR count). The van der Waals surface area contributed by atoms with E-state index >= 15 is 0 Å². The third-order valence-electron chi connectivity index (χ3n) is 2.91. The van der Waals surface area contributed by atoms with E-state index in [0.717, 1.165) is 10.0 Å². The largest absolute Gasteiger partial charge is 0.386 e. The highest BCUT2D eigenvalue weighted by Crippen LogP contribution is 2.19. The predicted molar refractivity (Wildman–Crippen MR) is 75.1 cm³/mol. The Morgan fingerprint density at radius 2 is 2.00 bits per heavy atom. The summed E-state index contributed by atoms with van der Waals surface area (Å²) in [5, 5.41) is 19.9. The minimum atomic E-state index is -0.813. The summed E-state index contributed by atoms with van der Waals surface area (Å²) in [5.74, 6) is -0.424. The fourth-order valence-corrected chi connectivity index (χ4v) is 2.00. The molecule has 0 aliphatic rings. The van der Waals surface area contributed by atoms with Crippen molar-refractivity contribution < 1.29 is 14.5 Å². The zero-order valence-corrected chi connectivity index (χ0v) is 12.6. The van der Waals surface area contributed by atoms with Crippen LogP contribution in [0.3, 0.4) is 0 Å². The highest BCUT2D eigenvalue weighted by Gasteiger charge is 2.22. The molecule has 2 unspecified atom stereocenters. The van der Waals surface area contributed by atoms with Gasteiger partial charge in [-0.1, -0.05) is 33.2 Å². The van der Waals surface area contributed by atoms with E-state index < -0.39 is 18.1 Å². The van der Waals surface area contributed by atoms with Crippen LogP contribution in [0.5, 0.6) is 0 Å². The van der Waals surface area contributed by atoms with Crippen molar-refractivity contribution in [2.75, 3.05) is 0 Å². The van der Waals surface area contributed by atoms with Gasteiger partial charge in [0.05, 0.1) is 12.1 Å². The smallest absolute Gasteiger partial charge is 0.275 e. The second-order valence-corrected chi connectivity index (χ2v) is 5.37. The predicted octanol–water partition coefficient (Wildman–Crippen LogP) is 1.99. The molecule has 2 atom stereocenters. The van der Waals surface area contributed by atoms with Crippen LogP contribution < -0.4 is 5.32 Å². The van der Waals surface area contributed by atoms with Gasteiger partial charge in [0.1, 0.15) is 5.69 Å². The van der Waals surface area contributed by atoms with E-state index in [1.807, 2.05) is 12.1 Å². The molecular weight excluding hydrogens is 326 g/mol. The van der Waals surface area contributed by atoms with Crippen molar-refractivity contribution in [2.45, 2.75) is 26.0 Å². The Kier molecular flexibility index (Phi) is 4.51. The first-order valence-electron chi connectivity index (χ1n) is 6.02. The molecule has 0 bridgehead atoms. The molecular formula is C13H14BrN3O3. The van der Waals surface area contributed by atoms with Crippen molar-refractivity contribution in [3.05, 3.63) is 45.7 Å². The molecule has 0 saturated carbocycles. The van der Waals surface area contributed by atoms with Gasteiger partial charge in [-0.15, -0.1) is 0 Å². The normalized spacial score (nSPS) is 13.8. The topological polar surface area (TPSA) is 88.2 Å². The molecule has 2 N–H and O–H groups in total. The average Bonchev–Trinajstić information content (AvgIpc) is 2.85. The van der Waals surface area contributed by atoms with Gasteiger partial charge in [-0.2, -0.15) is 0 Å². The first-order valence-corrected chi connectivity index (χ1v) is 6.82. The lowest BCUT2D eigenvalue weighted by molar-refractivity contribution is 0.0842. The SMILES string of the molecule is Cc1nonc1C(=O)NC(C)C(O)c1ccc(Br)cc1. The molecule has 20 heavy (non-hydrogen) atoms. The van der Waals surface area contributed by atoms with Gasteiger partial charge in [0.2, 0.25) is 0 Å². The van der Waals surface area contributed by atoms with Gasteiger partial charge in [0.15, 0.2) is 5.69 Å². The Morgan fingerprint density at radius 1 is 1.35 bits per heavy atom. The molecule has 106 valence electrons. The van der Waals surface area contributed by atoms with Crippen LogP contribution >= 0.6 is 15.9 Å². The molecule has 0 spiro atoms. The lowest BCUT2D eigenvalue weighted by Gasteiger charge is -2.20. The number of aromatic nitrogens is 2. The lowest BCUT2D eigenvalue weighted by Crippen LogP contribution is -2.37. The molecule has 0 fully saturated rings. The van der Waals surface area contributed by atoms with E-state index in [-0.39, 0.29) is 5.69 Å². The minimum Gasteiger partial charge on any atom is -0.386 e. The number of hydrogen-bond acceptors (Lipinski definition) is 5. The number of nitrogens with one attached hydrogen (secondary N) is 1. The van der Waals surface area contributed by atoms with E-state index in [1.54, 1.807) is 26.0 Å². The van der Waals surface area contributed by atoms with Crippen LogP contribution in [-0.2, 0) is 0 Å². The highest BCUT2D eigenvalue weighted by molar-refractivity contribution is 9.10. The number of carbonyl (C=O) groups excluding carboxylic acids is 1. The number of amides is 1. The summed E-state index contributed by atoms with van der Waals surface area (Å²) in [4.78, 5) is 11.9. The molecule has 1 amide bonds. The molecule has 0 aliphatic carbocycles. The van der Waals surface area contributed by atoms with Gasteiger partial charge < -0.3 is 10.4 Å². The molecule has 1 aromatic heterocycles. The number of hydrogen-bond donors (Lipinski definition) is 2. The summed E-state index contributed by atoms with van der Waals surface area (Å²) < 4.78 is 5.40. The zero-order chi connectivity index (χ0) is 14.7. The number of rotatable bonds is 4. The highest BCUT2D eigenvalue weighted by atomic mass is 79.9. The van der Waals surface area contributed by atoms with Crippen molar-refractivity contribution in [2.24, 2.45) is 0 Å². The molecule has 1 aromatic carbocycles. The molecule has 0 saturated heterocycles. The van der Waals surface area contributed by atoms with E-state index in [4.69, 9.17) is 0 Å². The van der Waals surface area contributed by atoms with E-state index in [9.17, 15) is 9.90 Å². The number of aliphatic hydroxyl groups excluding tert-OH is 1. The number of halogens is 1. The maximum Gasteiger partial charge on any atom is 0.275 e. The van der Waals surface area contributed by atoms with Gasteiger partial charge in [-0.3, -0.25) is 4.79 Å². The fourth-order valence-electron chi connectivity index (χ4n) is 1.74. The summed E-state index contributed by atoms with van der Waals surface area (Å²) >= 11 is 3.33. The van der Waals surface area contributed by atoms with Gasteiger partial charge >= 0.3 is 0 Å². The monoisotopic (exact) mass is 339 g/mol. The van der Waals surface area contributed by atoms with Crippen molar-refractivity contribution in [3.63, 3.8) is 0 Å². The van der Waals surface area contributed by atoms with Crippen molar-refractivity contribution in [1.29, 1.82) is 0 Å². The number of benzene rings is 1. The second kappa shape index (κ2) is 6.15. The summed E-state index contributed by atoms with van der Waals surface area (Å²) in [5.41, 5.74) is 1.25. The minimum absolute atomic E-state index is 0.125. The number of nitrogens with zero attached hydrogens (tertiary/aromatic N) is 2. The third-order valence-corrected chi connectivity index (χ3v) is 3.44. The van der Waals surface area contributed by atoms with Crippen LogP contribution in [0.1, 0.15) is 34.8 Å². The molecule has 0 aliphatic heterocycles. The Labute approximate surface area is 124 Å². The number of aliphatic hydroxyl groups is 1. The summed E-state index contributed by atoms with van der Waals surface area (Å²) in [7, 11) is 0. The average molecular weight is 340 g/mol. The first-order chi connectivity index (χ1) is 9.49. The van der Waals surface area contributed by atoms with E-state index in [1.165, 1.54) is 0 Å². The maximum atomic E-state index is 11.9. The van der Waals surface area contributed by atoms with Gasteiger partial charge in [0.25, 0.3) is 5.91 Å². The van der Waals surface area contributed by atoms with Gasteiger partial charge in [0, 0.05) is 4.47 Å². The van der Waals surface area contributed by atoms with Crippen molar-refractivity contribution in [1.82, 2.24) is 15.6 Å². The molecule has 6 nitrogen and oxygen atoms in total. The van der Waals surface area contributed by atoms with E-state index in [2.05, 4.69) is 36.2 Å². The summed E-state index contributed by atoms with van der Waals surface area (Å²) in [6.45, 7) is 3.34. The molecule has 1 heterocycles. The van der Waals surface area contributed by atoms with Crippen LogP contribution in [0.15, 0.2) is 33.4 Å². The Bertz CT molecular complexity index is 597. The summed E-state index contributed by atoms with van der Waals surface area (Å²) in [6, 6.07) is 6.78. The lowest BCUT2D eigenvalue weighted by atomic mass is 10.0. The molecule has 7 heteroatoms. The maximum absolute atomic E-state index is 11.9. The Morgan fingerprint density at radius 3 is 2.55 bits per heavy atom. The number of aryl methyl sites for hydroxylation is 1. The van der Waals surface area contributed by atoms with E-state index in [0.29, 0.717) is 5.69 Å². The van der Waals surface area contributed by atoms with Crippen LogP contribution in [-0.4, -0.2) is 27.4 Å². The number of carbonyl (C=O) groups is 1. The van der Waals surface area contributed by atoms with Crippen LogP contribution in [0, 0.1) is 6.92 Å². The Balaban J connectivity index is 2.04. The first kappa shape index (κ1) is 14.7. The standard InChI is InChI=1S/C13H14BrN3O3/c1-7-11(17-20-16-7)13(19)15-8(2)12(18)9-3-5-10(14)6-4-9/h3-6,8,12,18H,1-2H3,(H,15,19). The Hall–Kier alpha value is -1.73. The fraction of sp³-hybridized carbons (Fsp3) is 0.308. The van der Waals surface area contributed by atoms with Crippen molar-refractivity contribution in [3.8, 4) is 0 Å². The molecule has 2 aromatic rings.